The van der Waals surface area contributed by atoms with E-state index in [4.69, 9.17) is 0 Å². The Balaban J connectivity index is 0.000000253. The van der Waals surface area contributed by atoms with E-state index in [2.05, 4.69) is 12.2 Å². The van der Waals surface area contributed by atoms with Crippen LogP contribution in [0.15, 0.2) is 133 Å². The molecule has 0 N–H and O–H groups in total. The van der Waals surface area contributed by atoms with Crippen LogP contribution in [0, 0.1) is 12.2 Å². The molecule has 0 aliphatic rings. The minimum absolute atomic E-state index is 0. The molecular weight excluding hydrogens is 635 g/mol. The van der Waals surface area contributed by atoms with Crippen LogP contribution in [0.1, 0.15) is 22.3 Å². The van der Waals surface area contributed by atoms with Crippen molar-refractivity contribution in [3.8, 4) is 0 Å². The second-order valence-electron chi connectivity index (χ2n) is 7.62. The molecule has 3 heteroatoms. The Bertz CT molecular complexity index is 1110. The van der Waals surface area contributed by atoms with Crippen LogP contribution in [0.5, 0.6) is 0 Å². The molecule has 37 heavy (non-hydrogen) atoms. The molecule has 0 aliphatic heterocycles. The van der Waals surface area contributed by atoms with Crippen molar-refractivity contribution in [2.75, 3.05) is 0 Å². The van der Waals surface area contributed by atoms with Crippen LogP contribution in [-0.2, 0) is 30.7 Å². The number of benzene rings is 4. The fraction of sp³-hybridized carbons (Fsp3) is 0. The van der Waals surface area contributed by atoms with E-state index in [-0.39, 0.29) is 32.6 Å². The van der Waals surface area contributed by atoms with Crippen LogP contribution in [0.3, 0.4) is 0 Å². The van der Waals surface area contributed by atoms with E-state index in [9.17, 15) is 9.59 Å². The van der Waals surface area contributed by atoms with E-state index < -0.39 is 0 Å². The summed E-state index contributed by atoms with van der Waals surface area (Å²) in [5, 5.41) is 0. The summed E-state index contributed by atoms with van der Waals surface area (Å²) in [5.74, 6) is -0.273. The van der Waals surface area contributed by atoms with Gasteiger partial charge >= 0.3 is 21.1 Å². The number of ketones is 2. The van der Waals surface area contributed by atoms with Gasteiger partial charge in [0.05, 0.1) is 11.6 Å². The second-order valence-corrected chi connectivity index (χ2v) is 7.62. The molecule has 4 aromatic carbocycles. The standard InChI is InChI=1S/2C17H13O.Pt/c2*18-17(13-11-15-7-3-1-4-8-15)14-12-16-9-5-2-6-10-16;/h2*1-13H;/q2*-1;+2. The molecule has 0 heterocycles. The van der Waals surface area contributed by atoms with E-state index in [0.717, 1.165) is 22.3 Å². The summed E-state index contributed by atoms with van der Waals surface area (Å²) >= 11 is 0. The Labute approximate surface area is 233 Å². The van der Waals surface area contributed by atoms with Gasteiger partial charge in [-0.05, 0) is 11.1 Å². The van der Waals surface area contributed by atoms with Crippen molar-refractivity contribution >= 4 is 35.9 Å². The largest absolute Gasteiger partial charge is 2.00 e. The molecule has 0 saturated carbocycles. The van der Waals surface area contributed by atoms with E-state index in [1.807, 2.05) is 121 Å². The van der Waals surface area contributed by atoms with Crippen molar-refractivity contribution in [1.82, 2.24) is 0 Å². The zero-order valence-electron chi connectivity index (χ0n) is 20.1. The Hall–Kier alpha value is -4.13. The maximum Gasteiger partial charge on any atom is 2.00 e. The van der Waals surface area contributed by atoms with E-state index in [1.54, 1.807) is 24.3 Å². The quantitative estimate of drug-likeness (QED) is 0.144. The smallest absolute Gasteiger partial charge is 0.319 e. The van der Waals surface area contributed by atoms with Gasteiger partial charge in [-0.25, -0.2) is 0 Å². The Morgan fingerprint density at radius 3 is 1.00 bits per heavy atom. The minimum Gasteiger partial charge on any atom is -0.319 e. The number of allylic oxidation sites excluding steroid dienone is 4. The number of carbonyl (C=O) groups excluding carboxylic acids is 2. The van der Waals surface area contributed by atoms with Gasteiger partial charge in [0.25, 0.3) is 0 Å². The summed E-state index contributed by atoms with van der Waals surface area (Å²) in [7, 11) is 0. The topological polar surface area (TPSA) is 34.1 Å². The van der Waals surface area contributed by atoms with E-state index >= 15 is 0 Å². The normalized spacial score (nSPS) is 10.8. The van der Waals surface area contributed by atoms with Crippen LogP contribution in [-0.4, -0.2) is 11.6 Å². The molecule has 4 aromatic rings. The first-order valence-corrected chi connectivity index (χ1v) is 11.5. The van der Waals surface area contributed by atoms with Crippen molar-refractivity contribution in [2.45, 2.75) is 0 Å². The Morgan fingerprint density at radius 2 is 0.703 bits per heavy atom. The number of hydrogen-bond donors (Lipinski definition) is 0. The molecule has 0 aromatic heterocycles. The second kappa shape index (κ2) is 17.3. The van der Waals surface area contributed by atoms with Crippen LogP contribution < -0.4 is 0 Å². The van der Waals surface area contributed by atoms with Crippen molar-refractivity contribution in [3.63, 3.8) is 0 Å². The summed E-state index contributed by atoms with van der Waals surface area (Å²) in [6.07, 6.45) is 15.4. The third-order valence-corrected chi connectivity index (χ3v) is 4.81. The van der Waals surface area contributed by atoms with Gasteiger partial charge in [0, 0.05) is 0 Å². The number of carbonyl (C=O) groups is 2. The van der Waals surface area contributed by atoms with Gasteiger partial charge in [0.1, 0.15) is 0 Å². The number of rotatable bonds is 8. The predicted molar refractivity (Wildman–Crippen MR) is 149 cm³/mol. The van der Waals surface area contributed by atoms with Crippen LogP contribution in [0.4, 0.5) is 0 Å². The van der Waals surface area contributed by atoms with Crippen LogP contribution in [0.25, 0.3) is 24.3 Å². The van der Waals surface area contributed by atoms with Gasteiger partial charge in [-0.3, -0.25) is 0 Å². The summed E-state index contributed by atoms with van der Waals surface area (Å²) in [6.45, 7) is 0. The van der Waals surface area contributed by atoms with Crippen LogP contribution >= 0.6 is 0 Å². The first-order chi connectivity index (χ1) is 17.7. The third kappa shape index (κ3) is 12.4. The molecule has 0 atom stereocenters. The maximum atomic E-state index is 11.6. The molecule has 0 saturated heterocycles. The van der Waals surface area contributed by atoms with Gasteiger partial charge in [0.15, 0.2) is 0 Å². The molecule has 0 fully saturated rings. The summed E-state index contributed by atoms with van der Waals surface area (Å²) < 4.78 is 0. The molecule has 4 rings (SSSR count). The average Bonchev–Trinajstić information content (AvgIpc) is 2.95. The first-order valence-electron chi connectivity index (χ1n) is 11.5. The third-order valence-electron chi connectivity index (χ3n) is 4.81. The fourth-order valence-corrected chi connectivity index (χ4v) is 2.98. The Morgan fingerprint density at radius 1 is 0.432 bits per heavy atom. The van der Waals surface area contributed by atoms with Crippen molar-refractivity contribution < 1.29 is 30.7 Å². The molecule has 184 valence electrons. The molecule has 0 unspecified atom stereocenters. The fourth-order valence-electron chi connectivity index (χ4n) is 2.98. The number of hydrogen-bond acceptors (Lipinski definition) is 2. The molecule has 0 spiro atoms. The van der Waals surface area contributed by atoms with E-state index in [0.29, 0.717) is 0 Å². The summed E-state index contributed by atoms with van der Waals surface area (Å²) in [6, 6.07) is 38.8. The SMILES string of the molecule is O=C([C-]=Cc1ccccc1)C=Cc1ccccc1.O=C([C-]=Cc1ccccc1)C=Cc1ccccc1.[Pt+2]. The van der Waals surface area contributed by atoms with Gasteiger partial charge < -0.3 is 9.59 Å². The molecule has 0 bridgehead atoms. The maximum absolute atomic E-state index is 11.6. The van der Waals surface area contributed by atoms with Crippen molar-refractivity contribution in [2.24, 2.45) is 0 Å². The molecular formula is C34H26O2Pt. The van der Waals surface area contributed by atoms with Gasteiger partial charge in [-0.15, -0.1) is 71.8 Å². The van der Waals surface area contributed by atoms with Crippen LogP contribution in [0.2, 0.25) is 0 Å². The van der Waals surface area contributed by atoms with Crippen molar-refractivity contribution in [1.29, 1.82) is 0 Å². The zero-order chi connectivity index (χ0) is 25.3. The summed E-state index contributed by atoms with van der Waals surface area (Å²) in [4.78, 5) is 23.1. The average molecular weight is 662 g/mol. The van der Waals surface area contributed by atoms with Gasteiger partial charge in [0.2, 0.25) is 0 Å². The molecule has 2 nitrogen and oxygen atoms in total. The predicted octanol–water partition coefficient (Wildman–Crippen LogP) is 7.57. The van der Waals surface area contributed by atoms with Gasteiger partial charge in [-0.2, -0.15) is 12.2 Å². The van der Waals surface area contributed by atoms with E-state index in [1.165, 1.54) is 12.2 Å². The molecule has 0 radical (unpaired) electrons. The summed E-state index contributed by atoms with van der Waals surface area (Å²) in [5.41, 5.74) is 3.96. The monoisotopic (exact) mass is 661 g/mol. The zero-order valence-corrected chi connectivity index (χ0v) is 22.4. The van der Waals surface area contributed by atoms with Gasteiger partial charge in [-0.1, -0.05) is 97.1 Å². The molecule has 0 amide bonds. The van der Waals surface area contributed by atoms with Crippen molar-refractivity contribution in [3.05, 3.63) is 168 Å². The Kier molecular flexibility index (Phi) is 13.6. The molecule has 0 aliphatic carbocycles. The first kappa shape index (κ1) is 29.1. The minimum atomic E-state index is -0.136.